The van der Waals surface area contributed by atoms with Gasteiger partial charge in [-0.05, 0) is 36.1 Å². The van der Waals surface area contributed by atoms with Crippen molar-refractivity contribution in [3.8, 4) is 22.6 Å². The number of carbonyl (C=O) groups excluding carboxylic acids is 3. The number of carbonyl (C=O) groups is 3. The van der Waals surface area contributed by atoms with Crippen LogP contribution in [0.2, 0.25) is 0 Å². The number of hydrogen-bond donors (Lipinski definition) is 1. The van der Waals surface area contributed by atoms with Crippen LogP contribution in [-0.4, -0.2) is 45.3 Å². The Labute approximate surface area is 192 Å². The number of ether oxygens (including phenoxy) is 4. The van der Waals surface area contributed by atoms with Gasteiger partial charge < -0.3 is 24.3 Å². The van der Waals surface area contributed by atoms with E-state index in [1.165, 1.54) is 36.9 Å². The van der Waals surface area contributed by atoms with Gasteiger partial charge in [-0.15, -0.1) is 11.3 Å². The first-order valence-corrected chi connectivity index (χ1v) is 11.3. The lowest BCUT2D eigenvalue weighted by Crippen LogP contribution is -2.21. The highest BCUT2D eigenvalue weighted by molar-refractivity contribution is 7.15. The van der Waals surface area contributed by atoms with E-state index in [0.717, 1.165) is 0 Å². The first-order chi connectivity index (χ1) is 15.5. The second-order valence-corrected chi connectivity index (χ2v) is 7.94. The summed E-state index contributed by atoms with van der Waals surface area (Å²) in [5.74, 6) is -0.699. The van der Waals surface area contributed by atoms with E-state index in [1.807, 2.05) is 0 Å². The van der Waals surface area contributed by atoms with Crippen LogP contribution in [0.1, 0.15) is 27.6 Å². The number of nitrogens with one attached hydrogen (secondary N) is 1. The summed E-state index contributed by atoms with van der Waals surface area (Å²) in [6.07, 6.45) is 0. The van der Waals surface area contributed by atoms with E-state index in [4.69, 9.17) is 18.9 Å². The summed E-state index contributed by atoms with van der Waals surface area (Å²) < 4.78 is 20.8. The van der Waals surface area contributed by atoms with E-state index in [0.29, 0.717) is 33.2 Å². The van der Waals surface area contributed by atoms with Crippen molar-refractivity contribution < 1.29 is 33.3 Å². The third kappa shape index (κ3) is 5.27. The smallest absolute Gasteiger partial charge is 0.341 e. The van der Waals surface area contributed by atoms with E-state index in [9.17, 15) is 14.4 Å². The van der Waals surface area contributed by atoms with Gasteiger partial charge >= 0.3 is 11.9 Å². The van der Waals surface area contributed by atoms with Crippen molar-refractivity contribution in [2.24, 2.45) is 0 Å². The van der Waals surface area contributed by atoms with Crippen LogP contribution < -0.4 is 14.8 Å². The predicted octanol–water partition coefficient (Wildman–Crippen LogP) is 4.47. The topological polar surface area (TPSA) is 100 Å². The molecule has 0 atom stereocenters. The number of methoxy groups -OCH3 is 2. The van der Waals surface area contributed by atoms with E-state index in [2.05, 4.69) is 5.32 Å². The molecule has 1 amide bonds. The van der Waals surface area contributed by atoms with Crippen LogP contribution in [0.3, 0.4) is 0 Å². The minimum absolute atomic E-state index is 0.172. The molecule has 2 aromatic heterocycles. The van der Waals surface area contributed by atoms with Gasteiger partial charge in [0.25, 0.3) is 5.91 Å². The number of benzene rings is 1. The molecule has 0 aliphatic carbocycles. The Balaban J connectivity index is 1.83. The molecule has 0 radical (unpaired) electrons. The van der Waals surface area contributed by atoms with Gasteiger partial charge in [0.2, 0.25) is 0 Å². The fourth-order valence-electron chi connectivity index (χ4n) is 2.83. The fourth-order valence-corrected chi connectivity index (χ4v) is 4.43. The lowest BCUT2D eigenvalue weighted by atomic mass is 10.0. The first-order valence-electron chi connectivity index (χ1n) is 9.48. The predicted molar refractivity (Wildman–Crippen MR) is 122 cm³/mol. The SMILES string of the molecule is CCOC(=O)c1c(-c2ccc(OC)c(OC)c2)csc1NC(=O)COC(=O)c1ccsc1. The number of rotatable bonds is 9. The minimum Gasteiger partial charge on any atom is -0.493 e. The second kappa shape index (κ2) is 10.8. The molecule has 3 rings (SSSR count). The molecule has 0 aliphatic heterocycles. The summed E-state index contributed by atoms with van der Waals surface area (Å²) in [6, 6.07) is 6.85. The van der Waals surface area contributed by atoms with Gasteiger partial charge in [-0.1, -0.05) is 6.07 Å². The van der Waals surface area contributed by atoms with Crippen molar-refractivity contribution in [3.63, 3.8) is 0 Å². The van der Waals surface area contributed by atoms with Crippen LogP contribution in [0.4, 0.5) is 5.00 Å². The molecule has 1 aromatic carbocycles. The Hall–Kier alpha value is -3.37. The third-order valence-electron chi connectivity index (χ3n) is 4.31. The van der Waals surface area contributed by atoms with Gasteiger partial charge in [-0.2, -0.15) is 11.3 Å². The molecule has 0 aliphatic rings. The zero-order valence-electron chi connectivity index (χ0n) is 17.6. The zero-order valence-corrected chi connectivity index (χ0v) is 19.3. The van der Waals surface area contributed by atoms with Crippen LogP contribution >= 0.6 is 22.7 Å². The molecule has 0 fully saturated rings. The molecule has 0 saturated heterocycles. The Morgan fingerprint density at radius 2 is 1.75 bits per heavy atom. The molecule has 0 unspecified atom stereocenters. The van der Waals surface area contributed by atoms with Crippen LogP contribution in [0.5, 0.6) is 11.5 Å². The van der Waals surface area contributed by atoms with Gasteiger partial charge in [-0.3, -0.25) is 4.79 Å². The average Bonchev–Trinajstić information content (AvgIpc) is 3.47. The molecule has 1 N–H and O–H groups in total. The van der Waals surface area contributed by atoms with Gasteiger partial charge in [0.15, 0.2) is 18.1 Å². The van der Waals surface area contributed by atoms with Crippen molar-refractivity contribution in [1.29, 1.82) is 0 Å². The van der Waals surface area contributed by atoms with E-state index in [-0.39, 0.29) is 12.2 Å². The Morgan fingerprint density at radius 1 is 0.969 bits per heavy atom. The van der Waals surface area contributed by atoms with Crippen molar-refractivity contribution in [2.75, 3.05) is 32.8 Å². The number of thiophene rings is 2. The molecule has 0 bridgehead atoms. The summed E-state index contributed by atoms with van der Waals surface area (Å²) in [4.78, 5) is 37.0. The van der Waals surface area contributed by atoms with E-state index in [1.54, 1.807) is 47.3 Å². The summed E-state index contributed by atoms with van der Waals surface area (Å²) in [5.41, 5.74) is 1.84. The number of amides is 1. The largest absolute Gasteiger partial charge is 0.493 e. The van der Waals surface area contributed by atoms with E-state index < -0.39 is 24.5 Å². The van der Waals surface area contributed by atoms with Crippen LogP contribution in [0, 0.1) is 0 Å². The van der Waals surface area contributed by atoms with Crippen LogP contribution in [-0.2, 0) is 14.3 Å². The van der Waals surface area contributed by atoms with Crippen molar-refractivity contribution in [2.45, 2.75) is 6.92 Å². The van der Waals surface area contributed by atoms with Crippen LogP contribution in [0.25, 0.3) is 11.1 Å². The molecular weight excluding hydrogens is 454 g/mol. The molecule has 8 nitrogen and oxygen atoms in total. The Morgan fingerprint density at radius 3 is 2.41 bits per heavy atom. The van der Waals surface area contributed by atoms with Gasteiger partial charge in [-0.25, -0.2) is 9.59 Å². The van der Waals surface area contributed by atoms with Gasteiger partial charge in [0.1, 0.15) is 10.6 Å². The maximum atomic E-state index is 12.7. The quantitative estimate of drug-likeness (QED) is 0.456. The number of hydrogen-bond acceptors (Lipinski definition) is 9. The summed E-state index contributed by atoms with van der Waals surface area (Å²) in [7, 11) is 3.05. The maximum absolute atomic E-state index is 12.7. The van der Waals surface area contributed by atoms with Gasteiger partial charge in [0.05, 0.1) is 26.4 Å². The summed E-state index contributed by atoms with van der Waals surface area (Å²) in [6.45, 7) is 1.38. The first kappa shape index (κ1) is 23.3. The van der Waals surface area contributed by atoms with Crippen LogP contribution in [0.15, 0.2) is 40.4 Å². The third-order valence-corrected chi connectivity index (χ3v) is 5.89. The molecule has 10 heteroatoms. The lowest BCUT2D eigenvalue weighted by Gasteiger charge is -2.11. The maximum Gasteiger partial charge on any atom is 0.341 e. The molecule has 32 heavy (non-hydrogen) atoms. The van der Waals surface area contributed by atoms with Crippen molar-refractivity contribution in [1.82, 2.24) is 0 Å². The monoisotopic (exact) mass is 475 g/mol. The summed E-state index contributed by atoms with van der Waals surface area (Å²) in [5, 5.41) is 8.05. The highest BCUT2D eigenvalue weighted by atomic mass is 32.1. The van der Waals surface area contributed by atoms with Crippen molar-refractivity contribution in [3.05, 3.63) is 51.5 Å². The molecule has 0 spiro atoms. The molecule has 168 valence electrons. The lowest BCUT2D eigenvalue weighted by molar-refractivity contribution is -0.119. The average molecular weight is 476 g/mol. The normalized spacial score (nSPS) is 10.3. The second-order valence-electron chi connectivity index (χ2n) is 6.28. The van der Waals surface area contributed by atoms with Gasteiger partial charge in [0, 0.05) is 16.3 Å². The number of anilines is 1. The van der Waals surface area contributed by atoms with Crippen molar-refractivity contribution >= 4 is 45.5 Å². The standard InChI is InChI=1S/C22H21NO7S2/c1-4-29-22(26)19-15(13-5-6-16(27-2)17(9-13)28-3)12-32-20(19)23-18(24)10-30-21(25)14-7-8-31-11-14/h5-9,11-12H,4,10H2,1-3H3,(H,23,24). The molecule has 0 saturated carbocycles. The molecular formula is C22H21NO7S2. The molecule has 2 heterocycles. The number of esters is 2. The fraction of sp³-hybridized carbons (Fsp3) is 0.227. The highest BCUT2D eigenvalue weighted by Gasteiger charge is 2.24. The zero-order chi connectivity index (χ0) is 23.1. The minimum atomic E-state index is -0.593. The highest BCUT2D eigenvalue weighted by Crippen LogP contribution is 2.39. The summed E-state index contributed by atoms with van der Waals surface area (Å²) >= 11 is 2.52. The van der Waals surface area contributed by atoms with E-state index >= 15 is 0 Å². The Bertz CT molecular complexity index is 1110. The molecule has 3 aromatic rings. The Kier molecular flexibility index (Phi) is 7.85.